The van der Waals surface area contributed by atoms with E-state index in [2.05, 4.69) is 22.2 Å². The Kier molecular flexibility index (Phi) is 2.88. The van der Waals surface area contributed by atoms with Gasteiger partial charge in [-0.05, 0) is 43.4 Å². The van der Waals surface area contributed by atoms with Gasteiger partial charge in [0.05, 0.1) is 0 Å². The summed E-state index contributed by atoms with van der Waals surface area (Å²) in [7, 11) is 0. The predicted octanol–water partition coefficient (Wildman–Crippen LogP) is 2.61. The van der Waals surface area contributed by atoms with Crippen LogP contribution in [0.2, 0.25) is 0 Å². The van der Waals surface area contributed by atoms with E-state index in [1.54, 1.807) is 0 Å². The zero-order valence-corrected chi connectivity index (χ0v) is 11.1. The van der Waals surface area contributed by atoms with Crippen LogP contribution < -0.4 is 11.1 Å². The normalized spacial score (nSPS) is 20.7. The Balaban J connectivity index is 1.64. The number of nitrogens with two attached hydrogens (primary N) is 1. The molecule has 0 radical (unpaired) electrons. The van der Waals surface area contributed by atoms with Gasteiger partial charge in [-0.15, -0.1) is 0 Å². The highest BCUT2D eigenvalue weighted by molar-refractivity contribution is 5.45. The van der Waals surface area contributed by atoms with Crippen molar-refractivity contribution in [3.8, 4) is 0 Å². The van der Waals surface area contributed by atoms with Crippen LogP contribution in [-0.2, 0) is 6.42 Å². The van der Waals surface area contributed by atoms with Crippen LogP contribution in [0.5, 0.6) is 0 Å². The molecule has 0 atom stereocenters. The van der Waals surface area contributed by atoms with Crippen molar-refractivity contribution in [1.82, 2.24) is 9.97 Å². The molecule has 0 unspecified atom stereocenters. The zero-order chi connectivity index (χ0) is 12.6. The molecule has 2 saturated carbocycles. The molecule has 0 spiro atoms. The summed E-state index contributed by atoms with van der Waals surface area (Å²) < 4.78 is 0. The summed E-state index contributed by atoms with van der Waals surface area (Å²) in [5, 5.41) is 3.48. The second-order valence-corrected chi connectivity index (χ2v) is 5.83. The summed E-state index contributed by atoms with van der Waals surface area (Å²) in [4.78, 5) is 8.79. The van der Waals surface area contributed by atoms with E-state index < -0.39 is 0 Å². The zero-order valence-electron chi connectivity index (χ0n) is 11.1. The summed E-state index contributed by atoms with van der Waals surface area (Å²) in [5.74, 6) is 3.31. The first-order valence-corrected chi connectivity index (χ1v) is 7.09. The highest BCUT2D eigenvalue weighted by Crippen LogP contribution is 2.61. The Morgan fingerprint density at radius 2 is 2.17 bits per heavy atom. The van der Waals surface area contributed by atoms with E-state index in [0.717, 1.165) is 36.9 Å². The highest BCUT2D eigenvalue weighted by atomic mass is 15.1. The van der Waals surface area contributed by atoms with Gasteiger partial charge in [-0.25, -0.2) is 9.97 Å². The van der Waals surface area contributed by atoms with Crippen LogP contribution in [0.15, 0.2) is 6.07 Å². The van der Waals surface area contributed by atoms with E-state index in [1.807, 2.05) is 6.07 Å². The maximum Gasteiger partial charge on any atom is 0.133 e. The number of hydrogen-bond acceptors (Lipinski definition) is 4. The van der Waals surface area contributed by atoms with Gasteiger partial charge in [-0.3, -0.25) is 0 Å². The molecule has 2 aliphatic carbocycles. The van der Waals surface area contributed by atoms with Gasteiger partial charge < -0.3 is 11.1 Å². The average molecular weight is 246 g/mol. The number of nitrogens with one attached hydrogen (secondary N) is 1. The minimum Gasteiger partial charge on any atom is -0.384 e. The third-order valence-corrected chi connectivity index (χ3v) is 4.22. The first-order valence-electron chi connectivity index (χ1n) is 7.09. The van der Waals surface area contributed by atoms with Gasteiger partial charge in [0, 0.05) is 19.0 Å². The fourth-order valence-corrected chi connectivity index (χ4v) is 2.80. The Morgan fingerprint density at radius 3 is 2.78 bits per heavy atom. The van der Waals surface area contributed by atoms with Crippen molar-refractivity contribution in [3.05, 3.63) is 11.9 Å². The lowest BCUT2D eigenvalue weighted by Crippen LogP contribution is -2.18. The smallest absolute Gasteiger partial charge is 0.133 e. The van der Waals surface area contributed by atoms with Crippen molar-refractivity contribution in [1.29, 1.82) is 0 Å². The third kappa shape index (κ3) is 2.42. The number of nitrogens with zero attached hydrogens (tertiary/aromatic N) is 2. The molecule has 0 saturated heterocycles. The van der Waals surface area contributed by atoms with Crippen molar-refractivity contribution >= 4 is 11.6 Å². The van der Waals surface area contributed by atoms with Crippen LogP contribution in [0.3, 0.4) is 0 Å². The number of aromatic nitrogens is 2. The van der Waals surface area contributed by atoms with Crippen molar-refractivity contribution in [2.45, 2.75) is 45.4 Å². The molecule has 1 heterocycles. The molecule has 0 aromatic carbocycles. The fraction of sp³-hybridized carbons (Fsp3) is 0.714. The molecule has 2 aliphatic rings. The maximum absolute atomic E-state index is 5.83. The maximum atomic E-state index is 5.83. The topological polar surface area (TPSA) is 63.8 Å². The Hall–Kier alpha value is -1.32. The van der Waals surface area contributed by atoms with Gasteiger partial charge in [-0.1, -0.05) is 6.92 Å². The molecular formula is C14H22N4. The lowest BCUT2D eigenvalue weighted by atomic mass is 10.0. The molecule has 4 nitrogen and oxygen atoms in total. The standard InChI is InChI=1S/C14H22N4/c1-2-3-12-17-11(15)8-13(18-12)16-9-14(6-7-14)10-4-5-10/h8,10H,2-7,9H2,1H3,(H3,15,16,17,18). The molecule has 3 N–H and O–H groups in total. The number of hydrogen-bond donors (Lipinski definition) is 2. The lowest BCUT2D eigenvalue weighted by Gasteiger charge is -2.16. The summed E-state index contributed by atoms with van der Waals surface area (Å²) in [6, 6.07) is 1.85. The van der Waals surface area contributed by atoms with Gasteiger partial charge in [0.25, 0.3) is 0 Å². The minimum absolute atomic E-state index is 0.576. The van der Waals surface area contributed by atoms with E-state index >= 15 is 0 Å². The van der Waals surface area contributed by atoms with Crippen molar-refractivity contribution in [3.63, 3.8) is 0 Å². The summed E-state index contributed by atoms with van der Waals surface area (Å²) >= 11 is 0. The second kappa shape index (κ2) is 4.41. The van der Waals surface area contributed by atoms with E-state index in [9.17, 15) is 0 Å². The molecule has 3 rings (SSSR count). The summed E-state index contributed by atoms with van der Waals surface area (Å²) in [6.07, 6.45) is 7.56. The van der Waals surface area contributed by atoms with E-state index in [-0.39, 0.29) is 0 Å². The van der Waals surface area contributed by atoms with Gasteiger partial charge in [0.2, 0.25) is 0 Å². The number of nitrogen functional groups attached to an aromatic ring is 1. The van der Waals surface area contributed by atoms with Crippen LogP contribution in [0, 0.1) is 11.3 Å². The van der Waals surface area contributed by atoms with Gasteiger partial charge in [-0.2, -0.15) is 0 Å². The summed E-state index contributed by atoms with van der Waals surface area (Å²) in [5.41, 5.74) is 6.41. The lowest BCUT2D eigenvalue weighted by molar-refractivity contribution is 0.466. The molecule has 0 aliphatic heterocycles. The molecule has 0 bridgehead atoms. The number of anilines is 2. The monoisotopic (exact) mass is 246 g/mol. The molecular weight excluding hydrogens is 224 g/mol. The predicted molar refractivity (Wildman–Crippen MR) is 73.3 cm³/mol. The molecule has 4 heteroatoms. The first-order chi connectivity index (χ1) is 8.72. The van der Waals surface area contributed by atoms with E-state index in [0.29, 0.717) is 11.2 Å². The second-order valence-electron chi connectivity index (χ2n) is 5.83. The molecule has 2 fully saturated rings. The molecule has 18 heavy (non-hydrogen) atoms. The van der Waals surface area contributed by atoms with Gasteiger partial charge in [0.15, 0.2) is 0 Å². The Bertz CT molecular complexity index is 435. The van der Waals surface area contributed by atoms with E-state index in [4.69, 9.17) is 5.73 Å². The van der Waals surface area contributed by atoms with Gasteiger partial charge in [0.1, 0.15) is 17.5 Å². The van der Waals surface area contributed by atoms with Crippen LogP contribution in [-0.4, -0.2) is 16.5 Å². The third-order valence-electron chi connectivity index (χ3n) is 4.22. The summed E-state index contributed by atoms with van der Waals surface area (Å²) in [6.45, 7) is 3.19. The Labute approximate surface area is 108 Å². The first kappa shape index (κ1) is 11.8. The van der Waals surface area contributed by atoms with E-state index in [1.165, 1.54) is 25.7 Å². The van der Waals surface area contributed by atoms with Crippen molar-refractivity contribution in [2.75, 3.05) is 17.6 Å². The molecule has 1 aromatic rings. The van der Waals surface area contributed by atoms with Crippen molar-refractivity contribution in [2.24, 2.45) is 11.3 Å². The Morgan fingerprint density at radius 1 is 1.39 bits per heavy atom. The molecule has 0 amide bonds. The molecule has 1 aromatic heterocycles. The van der Waals surface area contributed by atoms with Crippen LogP contribution in [0.25, 0.3) is 0 Å². The quantitative estimate of drug-likeness (QED) is 0.810. The van der Waals surface area contributed by atoms with Gasteiger partial charge >= 0.3 is 0 Å². The highest BCUT2D eigenvalue weighted by Gasteiger charge is 2.53. The largest absolute Gasteiger partial charge is 0.384 e. The molecule has 98 valence electrons. The average Bonchev–Trinajstić information content (AvgIpc) is 3.19. The van der Waals surface area contributed by atoms with Crippen LogP contribution in [0.1, 0.15) is 44.9 Å². The van der Waals surface area contributed by atoms with Crippen molar-refractivity contribution < 1.29 is 0 Å². The van der Waals surface area contributed by atoms with Crippen LogP contribution >= 0.6 is 0 Å². The SMILES string of the molecule is CCCc1nc(N)cc(NCC2(C3CC3)CC2)n1. The number of aryl methyl sites for hydroxylation is 1. The minimum atomic E-state index is 0.576. The number of rotatable bonds is 6. The fourth-order valence-electron chi connectivity index (χ4n) is 2.80. The van der Waals surface area contributed by atoms with Crippen LogP contribution in [0.4, 0.5) is 11.6 Å².